The van der Waals surface area contributed by atoms with Gasteiger partial charge in [0.05, 0.1) is 12.1 Å². The summed E-state index contributed by atoms with van der Waals surface area (Å²) in [5.74, 6) is -0.889. The lowest BCUT2D eigenvalue weighted by atomic mass is 10.1. The Morgan fingerprint density at radius 3 is 2.82 bits per heavy atom. The van der Waals surface area contributed by atoms with Gasteiger partial charge in [0, 0.05) is 11.9 Å². The number of aromatic nitrogens is 2. The number of imidazole rings is 1. The summed E-state index contributed by atoms with van der Waals surface area (Å²) in [6.07, 6.45) is 1.57. The van der Waals surface area contributed by atoms with Crippen LogP contribution in [0.25, 0.3) is 5.69 Å². The quantitative estimate of drug-likeness (QED) is 0.832. The SMILES string of the molecule is Cc1c[nH]c(=O)n1-c1cccc(CC(=O)O)c1. The van der Waals surface area contributed by atoms with E-state index in [1.807, 2.05) is 6.92 Å². The van der Waals surface area contributed by atoms with Gasteiger partial charge in [-0.05, 0) is 24.6 Å². The first-order valence-corrected chi connectivity index (χ1v) is 5.16. The average Bonchev–Trinajstić information content (AvgIpc) is 2.58. The molecule has 0 aliphatic heterocycles. The smallest absolute Gasteiger partial charge is 0.330 e. The summed E-state index contributed by atoms with van der Waals surface area (Å²) in [5, 5.41) is 8.72. The molecule has 0 amide bonds. The van der Waals surface area contributed by atoms with Gasteiger partial charge in [-0.3, -0.25) is 9.36 Å². The third-order valence-corrected chi connectivity index (χ3v) is 2.48. The van der Waals surface area contributed by atoms with Crippen molar-refractivity contribution >= 4 is 5.97 Å². The fourth-order valence-corrected chi connectivity index (χ4v) is 1.76. The van der Waals surface area contributed by atoms with Gasteiger partial charge in [-0.15, -0.1) is 0 Å². The molecule has 0 unspecified atom stereocenters. The lowest BCUT2D eigenvalue weighted by Crippen LogP contribution is -2.16. The number of nitrogens with one attached hydrogen (secondary N) is 1. The molecule has 0 saturated heterocycles. The number of aromatic amines is 1. The lowest BCUT2D eigenvalue weighted by molar-refractivity contribution is -0.136. The molecule has 0 aliphatic rings. The molecule has 0 spiro atoms. The van der Waals surface area contributed by atoms with E-state index in [4.69, 9.17) is 5.11 Å². The Labute approximate surface area is 97.3 Å². The Morgan fingerprint density at radius 1 is 1.47 bits per heavy atom. The van der Waals surface area contributed by atoms with Gasteiger partial charge in [0.25, 0.3) is 0 Å². The van der Waals surface area contributed by atoms with Crippen molar-refractivity contribution < 1.29 is 9.90 Å². The first-order valence-electron chi connectivity index (χ1n) is 5.16. The number of hydrogen-bond acceptors (Lipinski definition) is 2. The van der Waals surface area contributed by atoms with Crippen molar-refractivity contribution in [1.82, 2.24) is 9.55 Å². The van der Waals surface area contributed by atoms with E-state index < -0.39 is 5.97 Å². The van der Waals surface area contributed by atoms with E-state index in [1.54, 1.807) is 30.5 Å². The van der Waals surface area contributed by atoms with Crippen molar-refractivity contribution in [2.45, 2.75) is 13.3 Å². The highest BCUT2D eigenvalue weighted by Crippen LogP contribution is 2.11. The molecule has 5 heteroatoms. The van der Waals surface area contributed by atoms with Gasteiger partial charge in [0.1, 0.15) is 0 Å². The van der Waals surface area contributed by atoms with Crippen molar-refractivity contribution in [2.75, 3.05) is 0 Å². The molecule has 1 heterocycles. The summed E-state index contributed by atoms with van der Waals surface area (Å²) < 4.78 is 1.51. The van der Waals surface area contributed by atoms with E-state index in [0.717, 1.165) is 5.69 Å². The number of rotatable bonds is 3. The maximum absolute atomic E-state index is 11.6. The number of nitrogens with zero attached hydrogens (tertiary/aromatic N) is 1. The van der Waals surface area contributed by atoms with Crippen molar-refractivity contribution in [3.05, 3.63) is 52.2 Å². The fourth-order valence-electron chi connectivity index (χ4n) is 1.76. The number of benzene rings is 1. The molecule has 0 radical (unpaired) electrons. The predicted octanol–water partition coefficient (Wildman–Crippen LogP) is 1.10. The third-order valence-electron chi connectivity index (χ3n) is 2.48. The maximum Gasteiger partial charge on any atom is 0.330 e. The second-order valence-electron chi connectivity index (χ2n) is 3.81. The van der Waals surface area contributed by atoms with Crippen LogP contribution < -0.4 is 5.69 Å². The second-order valence-corrected chi connectivity index (χ2v) is 3.81. The van der Waals surface area contributed by atoms with E-state index in [0.29, 0.717) is 11.3 Å². The normalized spacial score (nSPS) is 10.4. The van der Waals surface area contributed by atoms with Crippen molar-refractivity contribution in [3.8, 4) is 5.69 Å². The number of H-pyrrole nitrogens is 1. The van der Waals surface area contributed by atoms with E-state index in [9.17, 15) is 9.59 Å². The highest BCUT2D eigenvalue weighted by atomic mass is 16.4. The van der Waals surface area contributed by atoms with Gasteiger partial charge in [-0.1, -0.05) is 12.1 Å². The van der Waals surface area contributed by atoms with Crippen LogP contribution in [0.5, 0.6) is 0 Å². The monoisotopic (exact) mass is 232 g/mol. The molecule has 1 aromatic heterocycles. The number of hydrogen-bond donors (Lipinski definition) is 2. The van der Waals surface area contributed by atoms with Crippen LogP contribution in [0.2, 0.25) is 0 Å². The second kappa shape index (κ2) is 4.29. The molecule has 1 aromatic carbocycles. The summed E-state index contributed by atoms with van der Waals surface area (Å²) in [6, 6.07) is 6.95. The molecule has 2 N–H and O–H groups in total. The van der Waals surface area contributed by atoms with Crippen LogP contribution in [-0.4, -0.2) is 20.6 Å². The standard InChI is InChI=1S/C12H12N2O3/c1-8-7-13-12(17)14(8)10-4-2-3-9(5-10)6-11(15)16/h2-5,7H,6H2,1H3,(H,13,17)(H,15,16). The number of aryl methyl sites for hydroxylation is 1. The molecule has 0 saturated carbocycles. The van der Waals surface area contributed by atoms with E-state index in [1.165, 1.54) is 4.57 Å². The van der Waals surface area contributed by atoms with Crippen LogP contribution >= 0.6 is 0 Å². The highest BCUT2D eigenvalue weighted by molar-refractivity contribution is 5.70. The van der Waals surface area contributed by atoms with Gasteiger partial charge < -0.3 is 10.1 Å². The van der Waals surface area contributed by atoms with Crippen LogP contribution in [-0.2, 0) is 11.2 Å². The maximum atomic E-state index is 11.6. The van der Waals surface area contributed by atoms with Crippen molar-refractivity contribution in [3.63, 3.8) is 0 Å². The van der Waals surface area contributed by atoms with Crippen LogP contribution in [0.3, 0.4) is 0 Å². The first-order chi connectivity index (χ1) is 8.08. The molecule has 0 atom stereocenters. The van der Waals surface area contributed by atoms with E-state index in [2.05, 4.69) is 4.98 Å². The van der Waals surface area contributed by atoms with Crippen LogP contribution in [0.1, 0.15) is 11.3 Å². The Balaban J connectivity index is 2.47. The average molecular weight is 232 g/mol. The van der Waals surface area contributed by atoms with E-state index >= 15 is 0 Å². The van der Waals surface area contributed by atoms with Crippen LogP contribution in [0, 0.1) is 6.92 Å². The zero-order valence-electron chi connectivity index (χ0n) is 9.30. The molecular formula is C12H12N2O3. The Bertz CT molecular complexity index is 610. The number of aliphatic carboxylic acids is 1. The largest absolute Gasteiger partial charge is 0.481 e. The van der Waals surface area contributed by atoms with Gasteiger partial charge in [0.15, 0.2) is 0 Å². The summed E-state index contributed by atoms with van der Waals surface area (Å²) in [4.78, 5) is 24.8. The minimum absolute atomic E-state index is 0.0495. The van der Waals surface area contributed by atoms with Gasteiger partial charge >= 0.3 is 11.7 Å². The zero-order chi connectivity index (χ0) is 12.4. The highest BCUT2D eigenvalue weighted by Gasteiger charge is 2.06. The van der Waals surface area contributed by atoms with Crippen molar-refractivity contribution in [2.24, 2.45) is 0 Å². The van der Waals surface area contributed by atoms with E-state index in [-0.39, 0.29) is 12.1 Å². The molecule has 0 fully saturated rings. The molecule has 0 aliphatic carbocycles. The number of carboxylic acids is 1. The molecule has 88 valence electrons. The molecule has 2 aromatic rings. The number of carbonyl (C=O) groups is 1. The van der Waals surface area contributed by atoms with Crippen LogP contribution in [0.15, 0.2) is 35.3 Å². The Kier molecular flexibility index (Phi) is 2.82. The predicted molar refractivity (Wildman–Crippen MR) is 62.5 cm³/mol. The summed E-state index contributed by atoms with van der Waals surface area (Å²) in [6.45, 7) is 1.81. The summed E-state index contributed by atoms with van der Waals surface area (Å²) in [5.41, 5.74) is 1.90. The number of carboxylic acid groups (broad SMARTS) is 1. The lowest BCUT2D eigenvalue weighted by Gasteiger charge is -2.05. The molecule has 5 nitrogen and oxygen atoms in total. The fraction of sp³-hybridized carbons (Fsp3) is 0.167. The minimum atomic E-state index is -0.889. The molecule has 2 rings (SSSR count). The third kappa shape index (κ3) is 2.28. The Hall–Kier alpha value is -2.30. The first kappa shape index (κ1) is 11.2. The Morgan fingerprint density at radius 2 is 2.24 bits per heavy atom. The van der Waals surface area contributed by atoms with Gasteiger partial charge in [-0.25, -0.2) is 4.79 Å². The summed E-state index contributed by atoms with van der Waals surface area (Å²) in [7, 11) is 0. The van der Waals surface area contributed by atoms with Gasteiger partial charge in [-0.2, -0.15) is 0 Å². The summed E-state index contributed by atoms with van der Waals surface area (Å²) >= 11 is 0. The zero-order valence-corrected chi connectivity index (χ0v) is 9.30. The van der Waals surface area contributed by atoms with Crippen molar-refractivity contribution in [1.29, 1.82) is 0 Å². The molecular weight excluding hydrogens is 220 g/mol. The molecule has 17 heavy (non-hydrogen) atoms. The molecule has 0 bridgehead atoms. The minimum Gasteiger partial charge on any atom is -0.481 e. The van der Waals surface area contributed by atoms with Gasteiger partial charge in [0.2, 0.25) is 0 Å². The van der Waals surface area contributed by atoms with Crippen LogP contribution in [0.4, 0.5) is 0 Å². The topological polar surface area (TPSA) is 75.1 Å².